The summed E-state index contributed by atoms with van der Waals surface area (Å²) >= 11 is 0. The summed E-state index contributed by atoms with van der Waals surface area (Å²) in [6.07, 6.45) is -0.475. The van der Waals surface area contributed by atoms with Crippen LogP contribution in [0.2, 0.25) is 0 Å². The van der Waals surface area contributed by atoms with Crippen LogP contribution in [0, 0.1) is 0 Å². The highest BCUT2D eigenvalue weighted by molar-refractivity contribution is 7.89. The van der Waals surface area contributed by atoms with Crippen molar-refractivity contribution < 1.29 is 27.4 Å². The molecule has 0 unspecified atom stereocenters. The van der Waals surface area contributed by atoms with E-state index < -0.39 is 16.1 Å². The van der Waals surface area contributed by atoms with Gasteiger partial charge >= 0.3 is 0 Å². The van der Waals surface area contributed by atoms with Crippen molar-refractivity contribution in [2.24, 2.45) is 0 Å². The van der Waals surface area contributed by atoms with Crippen LogP contribution < -0.4 is 18.9 Å². The first-order valence-electron chi connectivity index (χ1n) is 7.83. The Hall–Kier alpha value is -2.29. The maximum Gasteiger partial charge on any atom is 0.244 e. The number of benzene rings is 2. The Labute approximate surface area is 153 Å². The van der Waals surface area contributed by atoms with Gasteiger partial charge in [0, 0.05) is 19.7 Å². The van der Waals surface area contributed by atoms with E-state index in [0.29, 0.717) is 11.5 Å². The molecular formula is C18H23NO6S. The van der Waals surface area contributed by atoms with E-state index in [0.717, 1.165) is 5.56 Å². The molecule has 2 aromatic carbocycles. The lowest BCUT2D eigenvalue weighted by molar-refractivity contribution is 0.107. The number of nitrogens with one attached hydrogen (secondary N) is 1. The summed E-state index contributed by atoms with van der Waals surface area (Å²) in [6, 6.07) is 11.9. The molecule has 142 valence electrons. The zero-order valence-electron chi connectivity index (χ0n) is 15.2. The van der Waals surface area contributed by atoms with E-state index >= 15 is 0 Å². The third-order valence-electron chi connectivity index (χ3n) is 3.87. The number of hydrogen-bond acceptors (Lipinski definition) is 6. The topological polar surface area (TPSA) is 83.1 Å². The lowest BCUT2D eigenvalue weighted by Crippen LogP contribution is -2.29. The Morgan fingerprint density at radius 2 is 1.62 bits per heavy atom. The van der Waals surface area contributed by atoms with E-state index in [9.17, 15) is 8.42 Å². The Morgan fingerprint density at radius 1 is 0.923 bits per heavy atom. The highest BCUT2D eigenvalue weighted by Crippen LogP contribution is 2.28. The Morgan fingerprint density at radius 3 is 2.23 bits per heavy atom. The minimum atomic E-state index is -3.83. The number of ether oxygens (including phenoxy) is 4. The minimum absolute atomic E-state index is 0.000143. The fraction of sp³-hybridized carbons (Fsp3) is 0.333. The van der Waals surface area contributed by atoms with Gasteiger partial charge in [-0.1, -0.05) is 12.1 Å². The van der Waals surface area contributed by atoms with Crippen LogP contribution >= 0.6 is 0 Å². The molecule has 0 fully saturated rings. The molecule has 0 aliphatic carbocycles. The maximum absolute atomic E-state index is 12.7. The molecule has 2 rings (SSSR count). The van der Waals surface area contributed by atoms with Crippen LogP contribution in [-0.4, -0.2) is 43.4 Å². The van der Waals surface area contributed by atoms with Gasteiger partial charge in [0.05, 0.1) is 27.4 Å². The molecule has 0 saturated heterocycles. The Balaban J connectivity index is 2.23. The smallest absolute Gasteiger partial charge is 0.244 e. The summed E-state index contributed by atoms with van der Waals surface area (Å²) in [5.41, 5.74) is 0.798. The third kappa shape index (κ3) is 4.66. The summed E-state index contributed by atoms with van der Waals surface area (Å²) in [7, 11) is 2.14. The molecule has 26 heavy (non-hydrogen) atoms. The van der Waals surface area contributed by atoms with Crippen LogP contribution in [0.1, 0.15) is 11.7 Å². The van der Waals surface area contributed by atoms with E-state index in [-0.39, 0.29) is 17.2 Å². The summed E-state index contributed by atoms with van der Waals surface area (Å²) in [6.45, 7) is 0.0480. The average Bonchev–Trinajstić information content (AvgIpc) is 2.68. The predicted octanol–water partition coefficient (Wildman–Crippen LogP) is 2.38. The molecule has 7 nitrogen and oxygen atoms in total. The molecule has 0 aliphatic heterocycles. The van der Waals surface area contributed by atoms with Gasteiger partial charge in [0.15, 0.2) is 0 Å². The van der Waals surface area contributed by atoms with Gasteiger partial charge in [-0.3, -0.25) is 0 Å². The zero-order chi connectivity index (χ0) is 19.2. The molecular weight excluding hydrogens is 358 g/mol. The van der Waals surface area contributed by atoms with Crippen molar-refractivity contribution in [1.29, 1.82) is 0 Å². The molecule has 1 N–H and O–H groups in total. The van der Waals surface area contributed by atoms with Gasteiger partial charge in [-0.2, -0.15) is 0 Å². The lowest BCUT2D eigenvalue weighted by Gasteiger charge is -2.18. The summed E-state index contributed by atoms with van der Waals surface area (Å²) in [5, 5.41) is 0. The summed E-state index contributed by atoms with van der Waals surface area (Å²) in [5.74, 6) is 1.32. The molecule has 2 aromatic rings. The summed E-state index contributed by atoms with van der Waals surface area (Å²) in [4.78, 5) is -0.000143. The van der Waals surface area contributed by atoms with Gasteiger partial charge in [-0.05, 0) is 29.8 Å². The van der Waals surface area contributed by atoms with Gasteiger partial charge in [0.25, 0.3) is 0 Å². The van der Waals surface area contributed by atoms with Crippen molar-refractivity contribution in [3.63, 3.8) is 0 Å². The first-order valence-corrected chi connectivity index (χ1v) is 9.32. The average molecular weight is 381 g/mol. The Kier molecular flexibility index (Phi) is 6.84. The van der Waals surface area contributed by atoms with Crippen LogP contribution in [0.25, 0.3) is 0 Å². The fourth-order valence-corrected chi connectivity index (χ4v) is 3.65. The van der Waals surface area contributed by atoms with E-state index in [1.165, 1.54) is 27.4 Å². The molecule has 0 aliphatic rings. The Bertz CT molecular complexity index is 837. The van der Waals surface area contributed by atoms with Crippen LogP contribution in [0.15, 0.2) is 47.4 Å². The highest BCUT2D eigenvalue weighted by atomic mass is 32.2. The van der Waals surface area contributed by atoms with Crippen molar-refractivity contribution in [2.75, 3.05) is 35.0 Å². The normalized spacial score (nSPS) is 12.5. The van der Waals surface area contributed by atoms with Crippen molar-refractivity contribution in [3.8, 4) is 17.2 Å². The molecule has 0 saturated carbocycles. The van der Waals surface area contributed by atoms with Gasteiger partial charge in [0.2, 0.25) is 10.0 Å². The number of hydrogen-bond donors (Lipinski definition) is 1. The highest BCUT2D eigenvalue weighted by Gasteiger charge is 2.22. The second-order valence-corrected chi connectivity index (χ2v) is 7.11. The van der Waals surface area contributed by atoms with E-state index in [2.05, 4.69) is 4.72 Å². The quantitative estimate of drug-likeness (QED) is 0.718. The molecule has 0 heterocycles. The van der Waals surface area contributed by atoms with Crippen LogP contribution in [0.3, 0.4) is 0 Å². The SMILES string of the molecule is COc1cccc([C@H](CNS(=O)(=O)c2cc(OC)ccc2OC)OC)c1. The van der Waals surface area contributed by atoms with Crippen LogP contribution in [-0.2, 0) is 14.8 Å². The van der Waals surface area contributed by atoms with Gasteiger partial charge in [-0.15, -0.1) is 0 Å². The fourth-order valence-electron chi connectivity index (χ4n) is 2.44. The monoisotopic (exact) mass is 381 g/mol. The maximum atomic E-state index is 12.7. The second-order valence-electron chi connectivity index (χ2n) is 5.37. The number of sulfonamides is 1. The van der Waals surface area contributed by atoms with Gasteiger partial charge in [0.1, 0.15) is 22.1 Å². The second kappa shape index (κ2) is 8.88. The first-order chi connectivity index (χ1) is 12.4. The molecule has 1 atom stereocenters. The molecule has 0 radical (unpaired) electrons. The van der Waals surface area contributed by atoms with Crippen LogP contribution in [0.5, 0.6) is 17.2 Å². The zero-order valence-corrected chi connectivity index (χ0v) is 16.0. The van der Waals surface area contributed by atoms with Gasteiger partial charge in [-0.25, -0.2) is 13.1 Å². The van der Waals surface area contributed by atoms with E-state index in [1.807, 2.05) is 18.2 Å². The molecule has 0 amide bonds. The van der Waals surface area contributed by atoms with Gasteiger partial charge < -0.3 is 18.9 Å². The number of methoxy groups -OCH3 is 4. The summed E-state index contributed by atoms with van der Waals surface area (Å²) < 4.78 is 48.9. The van der Waals surface area contributed by atoms with Crippen molar-refractivity contribution in [1.82, 2.24) is 4.72 Å². The largest absolute Gasteiger partial charge is 0.497 e. The van der Waals surface area contributed by atoms with E-state index in [1.54, 1.807) is 25.3 Å². The molecule has 0 spiro atoms. The van der Waals surface area contributed by atoms with E-state index in [4.69, 9.17) is 18.9 Å². The molecule has 8 heteroatoms. The van der Waals surface area contributed by atoms with Crippen molar-refractivity contribution >= 4 is 10.0 Å². The van der Waals surface area contributed by atoms with Crippen LogP contribution in [0.4, 0.5) is 0 Å². The minimum Gasteiger partial charge on any atom is -0.497 e. The first kappa shape index (κ1) is 20.0. The molecule has 0 bridgehead atoms. The lowest BCUT2D eigenvalue weighted by atomic mass is 10.1. The third-order valence-corrected chi connectivity index (χ3v) is 5.31. The van der Waals surface area contributed by atoms with Crippen molar-refractivity contribution in [2.45, 2.75) is 11.0 Å². The predicted molar refractivity (Wildman–Crippen MR) is 97.5 cm³/mol. The number of rotatable bonds is 9. The molecule has 0 aromatic heterocycles. The van der Waals surface area contributed by atoms with Crippen molar-refractivity contribution in [3.05, 3.63) is 48.0 Å². The standard InChI is InChI=1S/C18H23NO6S/c1-22-14-7-5-6-13(10-14)17(25-4)12-19-26(20,21)18-11-15(23-2)8-9-16(18)24-3/h5-11,17,19H,12H2,1-4H3/t17-/m0/s1.